The van der Waals surface area contributed by atoms with Crippen LogP contribution in [0.5, 0.6) is 0 Å². The van der Waals surface area contributed by atoms with Crippen molar-refractivity contribution in [2.75, 3.05) is 18.1 Å². The molecule has 0 amide bonds. The van der Waals surface area contributed by atoms with Crippen LogP contribution in [0.15, 0.2) is 0 Å². The summed E-state index contributed by atoms with van der Waals surface area (Å²) in [4.78, 5) is 11.0. The van der Waals surface area contributed by atoms with Crippen molar-refractivity contribution in [3.63, 3.8) is 0 Å². The van der Waals surface area contributed by atoms with Gasteiger partial charge in [0.25, 0.3) is 0 Å². The van der Waals surface area contributed by atoms with E-state index in [1.807, 2.05) is 11.8 Å². The SMILES string of the molecule is O=C(O)C(NCC1CCSCC1)C1CC1. The van der Waals surface area contributed by atoms with Gasteiger partial charge in [0, 0.05) is 0 Å². The molecule has 86 valence electrons. The molecule has 1 saturated carbocycles. The van der Waals surface area contributed by atoms with Gasteiger partial charge in [-0.1, -0.05) is 0 Å². The van der Waals surface area contributed by atoms with Gasteiger partial charge in [-0.3, -0.25) is 4.79 Å². The topological polar surface area (TPSA) is 49.3 Å². The third-order valence-electron chi connectivity index (χ3n) is 3.33. The van der Waals surface area contributed by atoms with Crippen LogP contribution in [-0.2, 0) is 4.79 Å². The molecule has 1 saturated heterocycles. The zero-order valence-corrected chi connectivity index (χ0v) is 9.76. The number of hydrogen-bond acceptors (Lipinski definition) is 3. The van der Waals surface area contributed by atoms with Gasteiger partial charge in [0.05, 0.1) is 0 Å². The maximum Gasteiger partial charge on any atom is 0.320 e. The number of thioether (sulfide) groups is 1. The summed E-state index contributed by atoms with van der Waals surface area (Å²) in [6, 6.07) is -0.278. The fraction of sp³-hybridized carbons (Fsp3) is 0.909. The molecule has 1 aliphatic heterocycles. The zero-order valence-electron chi connectivity index (χ0n) is 8.95. The van der Waals surface area contributed by atoms with E-state index >= 15 is 0 Å². The number of aliphatic carboxylic acids is 1. The molecule has 2 fully saturated rings. The molecule has 2 aliphatic rings. The van der Waals surface area contributed by atoms with Crippen LogP contribution in [0.3, 0.4) is 0 Å². The van der Waals surface area contributed by atoms with Crippen LogP contribution in [0, 0.1) is 11.8 Å². The first-order valence-electron chi connectivity index (χ1n) is 5.81. The van der Waals surface area contributed by atoms with Crippen molar-refractivity contribution in [2.24, 2.45) is 11.8 Å². The second-order valence-corrected chi connectivity index (χ2v) is 5.84. The number of carboxylic acid groups (broad SMARTS) is 1. The Morgan fingerprint density at radius 2 is 2.00 bits per heavy atom. The molecule has 2 N–H and O–H groups in total. The quantitative estimate of drug-likeness (QED) is 0.751. The van der Waals surface area contributed by atoms with Gasteiger partial charge in [-0.15, -0.1) is 0 Å². The lowest BCUT2D eigenvalue weighted by molar-refractivity contribution is -0.140. The first kappa shape index (κ1) is 11.3. The summed E-state index contributed by atoms with van der Waals surface area (Å²) < 4.78 is 0. The zero-order chi connectivity index (χ0) is 10.7. The van der Waals surface area contributed by atoms with E-state index in [2.05, 4.69) is 5.32 Å². The minimum atomic E-state index is -0.664. The minimum Gasteiger partial charge on any atom is -0.480 e. The van der Waals surface area contributed by atoms with Gasteiger partial charge in [-0.05, 0) is 55.6 Å². The van der Waals surface area contributed by atoms with Crippen LogP contribution in [0.1, 0.15) is 25.7 Å². The Bertz CT molecular complexity index is 225. The van der Waals surface area contributed by atoms with Gasteiger partial charge < -0.3 is 10.4 Å². The molecule has 3 nitrogen and oxygen atoms in total. The number of rotatable bonds is 5. The number of carboxylic acids is 1. The summed E-state index contributed by atoms with van der Waals surface area (Å²) in [5.41, 5.74) is 0. The summed E-state index contributed by atoms with van der Waals surface area (Å²) in [7, 11) is 0. The third kappa shape index (κ3) is 3.38. The summed E-state index contributed by atoms with van der Waals surface area (Å²) in [6.45, 7) is 0.897. The predicted octanol–water partition coefficient (Wildman–Crippen LogP) is 1.58. The molecule has 1 unspecified atom stereocenters. The Morgan fingerprint density at radius 1 is 1.33 bits per heavy atom. The van der Waals surface area contributed by atoms with Crippen LogP contribution in [0.25, 0.3) is 0 Å². The molecule has 15 heavy (non-hydrogen) atoms. The molecule has 1 aliphatic carbocycles. The Morgan fingerprint density at radius 3 is 2.53 bits per heavy atom. The van der Waals surface area contributed by atoms with E-state index < -0.39 is 5.97 Å². The summed E-state index contributed by atoms with van der Waals surface area (Å²) in [5.74, 6) is 2.93. The number of nitrogens with one attached hydrogen (secondary N) is 1. The van der Waals surface area contributed by atoms with E-state index in [1.54, 1.807) is 0 Å². The van der Waals surface area contributed by atoms with Crippen LogP contribution >= 0.6 is 11.8 Å². The average Bonchev–Trinajstić information content (AvgIpc) is 3.03. The number of carbonyl (C=O) groups is 1. The lowest BCUT2D eigenvalue weighted by atomic mass is 10.0. The highest BCUT2D eigenvalue weighted by molar-refractivity contribution is 7.99. The largest absolute Gasteiger partial charge is 0.480 e. The molecular weight excluding hydrogens is 210 g/mol. The highest BCUT2D eigenvalue weighted by Crippen LogP contribution is 2.33. The average molecular weight is 229 g/mol. The van der Waals surface area contributed by atoms with E-state index in [9.17, 15) is 4.79 Å². The Hall–Kier alpha value is -0.220. The van der Waals surface area contributed by atoms with E-state index in [1.165, 1.54) is 24.3 Å². The lowest BCUT2D eigenvalue weighted by Crippen LogP contribution is -2.41. The van der Waals surface area contributed by atoms with E-state index in [0.29, 0.717) is 11.8 Å². The van der Waals surface area contributed by atoms with Crippen molar-refractivity contribution >= 4 is 17.7 Å². The molecule has 0 aromatic heterocycles. The second kappa shape index (κ2) is 5.21. The van der Waals surface area contributed by atoms with Gasteiger partial charge in [-0.2, -0.15) is 11.8 Å². The maximum atomic E-state index is 11.0. The first-order chi connectivity index (χ1) is 7.27. The lowest BCUT2D eigenvalue weighted by Gasteiger charge is -2.23. The number of hydrogen-bond donors (Lipinski definition) is 2. The molecule has 1 atom stereocenters. The monoisotopic (exact) mass is 229 g/mol. The second-order valence-electron chi connectivity index (χ2n) is 4.62. The van der Waals surface area contributed by atoms with Crippen molar-refractivity contribution in [3.8, 4) is 0 Å². The highest BCUT2D eigenvalue weighted by atomic mass is 32.2. The third-order valence-corrected chi connectivity index (χ3v) is 4.38. The van der Waals surface area contributed by atoms with Gasteiger partial charge in [0.15, 0.2) is 0 Å². The molecule has 0 spiro atoms. The Labute approximate surface area is 95.0 Å². The smallest absolute Gasteiger partial charge is 0.320 e. The Kier molecular flexibility index (Phi) is 3.92. The van der Waals surface area contributed by atoms with Crippen LogP contribution in [-0.4, -0.2) is 35.2 Å². The molecule has 2 rings (SSSR count). The van der Waals surface area contributed by atoms with E-state index in [-0.39, 0.29) is 6.04 Å². The van der Waals surface area contributed by atoms with Crippen molar-refractivity contribution in [1.82, 2.24) is 5.32 Å². The summed E-state index contributed by atoms with van der Waals surface area (Å²) in [6.07, 6.45) is 4.66. The van der Waals surface area contributed by atoms with Crippen molar-refractivity contribution in [1.29, 1.82) is 0 Å². The predicted molar refractivity (Wildman–Crippen MR) is 62.2 cm³/mol. The van der Waals surface area contributed by atoms with Crippen molar-refractivity contribution in [2.45, 2.75) is 31.7 Å². The van der Waals surface area contributed by atoms with Crippen molar-refractivity contribution in [3.05, 3.63) is 0 Å². The standard InChI is InChI=1S/C11H19NO2S/c13-11(14)10(9-1-2-9)12-7-8-3-5-15-6-4-8/h8-10,12H,1-7H2,(H,13,14). The fourth-order valence-electron chi connectivity index (χ4n) is 2.13. The molecule has 0 bridgehead atoms. The fourth-order valence-corrected chi connectivity index (χ4v) is 3.33. The van der Waals surface area contributed by atoms with Crippen molar-refractivity contribution < 1.29 is 9.90 Å². The molecule has 4 heteroatoms. The molecular formula is C11H19NO2S. The van der Waals surface area contributed by atoms with E-state index in [0.717, 1.165) is 19.4 Å². The normalized spacial score (nSPS) is 25.1. The van der Waals surface area contributed by atoms with Gasteiger partial charge >= 0.3 is 5.97 Å². The minimum absolute atomic E-state index is 0.278. The van der Waals surface area contributed by atoms with Gasteiger partial charge in [-0.25, -0.2) is 0 Å². The first-order valence-corrected chi connectivity index (χ1v) is 6.97. The molecule has 0 aromatic rings. The molecule has 1 heterocycles. The molecule has 0 radical (unpaired) electrons. The summed E-state index contributed by atoms with van der Waals surface area (Å²) in [5, 5.41) is 12.3. The maximum absolute atomic E-state index is 11.0. The van der Waals surface area contributed by atoms with Crippen LogP contribution < -0.4 is 5.32 Å². The molecule has 0 aromatic carbocycles. The van der Waals surface area contributed by atoms with Crippen LogP contribution in [0.4, 0.5) is 0 Å². The van der Waals surface area contributed by atoms with E-state index in [4.69, 9.17) is 5.11 Å². The summed E-state index contributed by atoms with van der Waals surface area (Å²) >= 11 is 2.01. The highest BCUT2D eigenvalue weighted by Gasteiger charge is 2.36. The van der Waals surface area contributed by atoms with Gasteiger partial charge in [0.1, 0.15) is 6.04 Å². The van der Waals surface area contributed by atoms with Gasteiger partial charge in [0.2, 0.25) is 0 Å². The Balaban J connectivity index is 1.72. The van der Waals surface area contributed by atoms with Crippen LogP contribution in [0.2, 0.25) is 0 Å².